The first-order valence-corrected chi connectivity index (χ1v) is 8.64. The Bertz CT molecular complexity index is 941. The molecule has 1 aliphatic carbocycles. The fraction of sp³-hybridized carbons (Fsp3) is 0.263. The topological polar surface area (TPSA) is 96.6 Å². The Morgan fingerprint density at radius 2 is 1.78 bits per heavy atom. The molecule has 1 saturated carbocycles. The lowest BCUT2D eigenvalue weighted by Gasteiger charge is -2.05. The smallest absolute Gasteiger partial charge is 0.456 e. The van der Waals surface area contributed by atoms with Crippen molar-refractivity contribution in [2.24, 2.45) is 0 Å². The van der Waals surface area contributed by atoms with E-state index < -0.39 is 6.16 Å². The minimum atomic E-state index is -0.594. The van der Waals surface area contributed by atoms with Crippen LogP contribution < -0.4 is 4.74 Å². The van der Waals surface area contributed by atoms with Gasteiger partial charge >= 0.3 is 6.16 Å². The molecule has 3 aromatic rings. The van der Waals surface area contributed by atoms with Gasteiger partial charge in [0.2, 0.25) is 11.7 Å². The summed E-state index contributed by atoms with van der Waals surface area (Å²) in [6, 6.07) is 11.1. The summed E-state index contributed by atoms with van der Waals surface area (Å²) in [6.07, 6.45) is 3.58. The molecular formula is C19H15N3O5. The molecular weight excluding hydrogens is 350 g/mol. The lowest BCUT2D eigenvalue weighted by molar-refractivity contribution is 0.106. The summed E-state index contributed by atoms with van der Waals surface area (Å²) in [6.45, 7) is 0. The van der Waals surface area contributed by atoms with E-state index in [0.29, 0.717) is 36.1 Å². The van der Waals surface area contributed by atoms with Gasteiger partial charge in [-0.3, -0.25) is 4.98 Å². The number of fused-ring (bicyclic) bond motifs is 1. The number of nitrogens with zero attached hydrogens (tertiary/aromatic N) is 3. The third-order valence-electron chi connectivity index (χ3n) is 4.72. The molecule has 0 bridgehead atoms. The average molecular weight is 365 g/mol. The first-order chi connectivity index (χ1) is 13.2. The zero-order valence-corrected chi connectivity index (χ0v) is 14.1. The lowest BCUT2D eigenvalue weighted by atomic mass is 10.1. The van der Waals surface area contributed by atoms with Crippen molar-refractivity contribution in [2.75, 3.05) is 0 Å². The maximum Gasteiger partial charge on any atom is 0.509 e. The molecule has 0 spiro atoms. The summed E-state index contributed by atoms with van der Waals surface area (Å²) in [5.74, 6) is 2.44. The fourth-order valence-corrected chi connectivity index (χ4v) is 3.42. The molecule has 0 amide bonds. The molecule has 1 aromatic carbocycles. The van der Waals surface area contributed by atoms with E-state index in [1.807, 2.05) is 36.4 Å². The molecule has 3 atom stereocenters. The van der Waals surface area contributed by atoms with Crippen LogP contribution >= 0.6 is 0 Å². The van der Waals surface area contributed by atoms with Crippen LogP contribution in [0.25, 0.3) is 11.4 Å². The van der Waals surface area contributed by atoms with Crippen LogP contribution in [0.5, 0.6) is 11.5 Å². The third-order valence-corrected chi connectivity index (χ3v) is 4.72. The normalized spacial score (nSPS) is 23.6. The predicted octanol–water partition coefficient (Wildman–Crippen LogP) is 3.71. The summed E-state index contributed by atoms with van der Waals surface area (Å²) in [5, 5.41) is 4.07. The van der Waals surface area contributed by atoms with Crippen molar-refractivity contribution in [1.29, 1.82) is 0 Å². The van der Waals surface area contributed by atoms with E-state index in [1.165, 1.54) is 0 Å². The van der Waals surface area contributed by atoms with E-state index in [-0.39, 0.29) is 18.1 Å². The van der Waals surface area contributed by atoms with E-state index in [4.69, 9.17) is 18.7 Å². The number of aromatic nitrogens is 3. The van der Waals surface area contributed by atoms with E-state index in [9.17, 15) is 4.79 Å². The molecule has 1 aliphatic heterocycles. The summed E-state index contributed by atoms with van der Waals surface area (Å²) >= 11 is 0. The summed E-state index contributed by atoms with van der Waals surface area (Å²) in [7, 11) is 0. The Labute approximate surface area is 154 Å². The van der Waals surface area contributed by atoms with Crippen LogP contribution in [0, 0.1) is 0 Å². The van der Waals surface area contributed by atoms with Crippen LogP contribution in [0.4, 0.5) is 4.79 Å². The van der Waals surface area contributed by atoms with Crippen molar-refractivity contribution < 1.29 is 23.5 Å². The fourth-order valence-electron chi connectivity index (χ4n) is 3.42. The van der Waals surface area contributed by atoms with Crippen LogP contribution in [-0.4, -0.2) is 33.5 Å². The second kappa shape index (κ2) is 6.39. The Morgan fingerprint density at radius 3 is 2.48 bits per heavy atom. The first-order valence-electron chi connectivity index (χ1n) is 8.64. The minimum absolute atomic E-state index is 0.0301. The number of benzene rings is 1. The highest BCUT2D eigenvalue weighted by atomic mass is 16.8. The highest BCUT2D eigenvalue weighted by molar-refractivity contribution is 5.63. The van der Waals surface area contributed by atoms with Crippen molar-refractivity contribution in [3.05, 3.63) is 54.7 Å². The second-order valence-corrected chi connectivity index (χ2v) is 6.50. The molecule has 2 fully saturated rings. The quantitative estimate of drug-likeness (QED) is 0.646. The Balaban J connectivity index is 1.28. The van der Waals surface area contributed by atoms with Crippen LogP contribution in [0.15, 0.2) is 53.3 Å². The Hall–Kier alpha value is -3.42. The summed E-state index contributed by atoms with van der Waals surface area (Å²) in [5.41, 5.74) is 0.824. The minimum Gasteiger partial charge on any atom is -0.456 e. The largest absolute Gasteiger partial charge is 0.509 e. The van der Waals surface area contributed by atoms with E-state index >= 15 is 0 Å². The molecule has 0 radical (unpaired) electrons. The van der Waals surface area contributed by atoms with Gasteiger partial charge in [-0.2, -0.15) is 4.98 Å². The zero-order valence-electron chi connectivity index (χ0n) is 14.1. The second-order valence-electron chi connectivity index (χ2n) is 6.50. The molecule has 3 heterocycles. The number of hydrogen-bond donors (Lipinski definition) is 0. The van der Waals surface area contributed by atoms with E-state index in [2.05, 4.69) is 15.1 Å². The molecule has 27 heavy (non-hydrogen) atoms. The van der Waals surface area contributed by atoms with Crippen molar-refractivity contribution in [2.45, 2.75) is 31.0 Å². The number of hydrogen-bond acceptors (Lipinski definition) is 8. The lowest BCUT2D eigenvalue weighted by Crippen LogP contribution is -2.13. The molecule has 0 N–H and O–H groups in total. The van der Waals surface area contributed by atoms with Crippen LogP contribution in [-0.2, 0) is 9.47 Å². The number of rotatable bonds is 4. The van der Waals surface area contributed by atoms with Crippen molar-refractivity contribution >= 4 is 6.16 Å². The van der Waals surface area contributed by atoms with Gasteiger partial charge in [-0.15, -0.1) is 0 Å². The molecule has 1 saturated heterocycles. The van der Waals surface area contributed by atoms with Crippen molar-refractivity contribution in [1.82, 2.24) is 15.1 Å². The van der Waals surface area contributed by atoms with Gasteiger partial charge in [0.05, 0.1) is 6.20 Å². The molecule has 8 nitrogen and oxygen atoms in total. The summed E-state index contributed by atoms with van der Waals surface area (Å²) in [4.78, 5) is 19.6. The number of carbonyl (C=O) groups excluding carboxylic acids is 1. The zero-order chi connectivity index (χ0) is 18.2. The van der Waals surface area contributed by atoms with Crippen LogP contribution in [0.3, 0.4) is 0 Å². The van der Waals surface area contributed by atoms with E-state index in [1.54, 1.807) is 12.4 Å². The maximum atomic E-state index is 11.1. The molecule has 5 rings (SSSR count). The highest BCUT2D eigenvalue weighted by Gasteiger charge is 2.47. The molecule has 8 heteroatoms. The standard InChI is InChI=1S/C19H15N3O5/c23-19-25-15-8-12(9-16(15)26-19)18-21-17(22-27-18)11-3-5-13(6-4-11)24-14-2-1-7-20-10-14/h1-7,10,12,15-16H,8-9H2/t12?,15-,16+. The van der Waals surface area contributed by atoms with Crippen molar-refractivity contribution in [3.8, 4) is 22.9 Å². The van der Waals surface area contributed by atoms with Gasteiger partial charge in [0, 0.05) is 17.7 Å². The van der Waals surface area contributed by atoms with Gasteiger partial charge in [-0.05, 0) is 49.2 Å². The average Bonchev–Trinajstić information content (AvgIpc) is 3.37. The maximum absolute atomic E-state index is 11.1. The number of pyridine rings is 1. The van der Waals surface area contributed by atoms with Gasteiger partial charge in [0.15, 0.2) is 0 Å². The monoisotopic (exact) mass is 365 g/mol. The Kier molecular flexibility index (Phi) is 3.74. The van der Waals surface area contributed by atoms with Crippen LogP contribution in [0.1, 0.15) is 24.7 Å². The van der Waals surface area contributed by atoms with Gasteiger partial charge in [-0.25, -0.2) is 4.79 Å². The first kappa shape index (κ1) is 15.8. The SMILES string of the molecule is O=C1O[C@H]2CC(c3nc(-c4ccc(Oc5cccnc5)cc4)no3)C[C@H]2O1. The number of ether oxygens (including phenoxy) is 3. The predicted molar refractivity (Wildman–Crippen MR) is 91.2 cm³/mol. The number of carbonyl (C=O) groups is 1. The van der Waals surface area contributed by atoms with E-state index in [0.717, 1.165) is 5.56 Å². The Morgan fingerprint density at radius 1 is 1.00 bits per heavy atom. The van der Waals surface area contributed by atoms with Gasteiger partial charge in [-0.1, -0.05) is 5.16 Å². The van der Waals surface area contributed by atoms with Gasteiger partial charge in [0.25, 0.3) is 0 Å². The molecule has 136 valence electrons. The highest BCUT2D eigenvalue weighted by Crippen LogP contribution is 2.40. The molecule has 1 unspecified atom stereocenters. The van der Waals surface area contributed by atoms with Gasteiger partial charge < -0.3 is 18.7 Å². The third kappa shape index (κ3) is 3.10. The molecule has 2 aromatic heterocycles. The van der Waals surface area contributed by atoms with Crippen LogP contribution in [0.2, 0.25) is 0 Å². The molecule has 2 aliphatic rings. The van der Waals surface area contributed by atoms with Gasteiger partial charge in [0.1, 0.15) is 23.7 Å². The van der Waals surface area contributed by atoms with Crippen molar-refractivity contribution in [3.63, 3.8) is 0 Å². The summed E-state index contributed by atoms with van der Waals surface area (Å²) < 4.78 is 21.4.